The van der Waals surface area contributed by atoms with Gasteiger partial charge in [0.05, 0.1) is 0 Å². The first kappa shape index (κ1) is 9.73. The first-order chi connectivity index (χ1) is 7.24. The van der Waals surface area contributed by atoms with Gasteiger partial charge in [-0.15, -0.1) is 11.8 Å². The fraction of sp³-hybridized carbons (Fsp3) is 0.538. The molecule has 0 bridgehead atoms. The second-order valence-electron chi connectivity index (χ2n) is 4.84. The smallest absolute Gasteiger partial charge is 0.0143 e. The van der Waals surface area contributed by atoms with Gasteiger partial charge in [-0.1, -0.05) is 18.2 Å². The van der Waals surface area contributed by atoms with Crippen molar-refractivity contribution in [3.05, 3.63) is 29.3 Å². The second kappa shape index (κ2) is 3.26. The Morgan fingerprint density at radius 2 is 2.20 bits per heavy atom. The van der Waals surface area contributed by atoms with Crippen LogP contribution < -0.4 is 5.73 Å². The zero-order valence-electron chi connectivity index (χ0n) is 9.12. The highest BCUT2D eigenvalue weighted by Gasteiger charge is 2.49. The van der Waals surface area contributed by atoms with Crippen molar-refractivity contribution < 1.29 is 0 Å². The fourth-order valence-electron chi connectivity index (χ4n) is 2.71. The number of nitrogens with two attached hydrogens (primary N) is 1. The summed E-state index contributed by atoms with van der Waals surface area (Å²) in [5.74, 6) is 1.25. The average Bonchev–Trinajstić information content (AvgIpc) is 2.89. The Kier molecular flexibility index (Phi) is 2.12. The van der Waals surface area contributed by atoms with E-state index in [0.29, 0.717) is 11.5 Å². The maximum atomic E-state index is 6.15. The van der Waals surface area contributed by atoms with Crippen molar-refractivity contribution in [3.8, 4) is 0 Å². The molecule has 1 aliphatic carbocycles. The maximum absolute atomic E-state index is 6.15. The number of hydrogen-bond donors (Lipinski definition) is 1. The predicted octanol–water partition coefficient (Wildman–Crippen LogP) is 2.71. The lowest BCUT2D eigenvalue weighted by atomic mass is 9.88. The monoisotopic (exact) mass is 219 g/mol. The first-order valence-corrected chi connectivity index (χ1v) is 6.73. The summed E-state index contributed by atoms with van der Waals surface area (Å²) >= 11 is 2.02. The Balaban J connectivity index is 2.10. The van der Waals surface area contributed by atoms with Gasteiger partial charge in [0, 0.05) is 22.1 Å². The highest BCUT2D eigenvalue weighted by atomic mass is 32.2. The quantitative estimate of drug-likeness (QED) is 0.827. The molecule has 1 saturated carbocycles. The largest absolute Gasteiger partial charge is 0.327 e. The van der Waals surface area contributed by atoms with Crippen molar-refractivity contribution in [2.24, 2.45) is 5.73 Å². The Morgan fingerprint density at radius 1 is 1.40 bits per heavy atom. The summed E-state index contributed by atoms with van der Waals surface area (Å²) in [5, 5.41) is 0. The third-order valence-corrected chi connectivity index (χ3v) is 5.09. The molecular formula is C13H17NS. The van der Waals surface area contributed by atoms with Crippen LogP contribution >= 0.6 is 11.8 Å². The number of fused-ring (bicyclic) bond motifs is 1. The predicted molar refractivity (Wildman–Crippen MR) is 65.4 cm³/mol. The molecule has 1 fully saturated rings. The molecule has 1 atom stereocenters. The van der Waals surface area contributed by atoms with Crippen LogP contribution in [0.25, 0.3) is 0 Å². The van der Waals surface area contributed by atoms with Crippen LogP contribution in [0.15, 0.2) is 23.1 Å². The summed E-state index contributed by atoms with van der Waals surface area (Å²) in [7, 11) is 0. The molecule has 1 aliphatic heterocycles. The SMILES string of the molecule is CC(N)C1(c2cccc3c2SCC3)CC1. The summed E-state index contributed by atoms with van der Waals surface area (Å²) in [5.41, 5.74) is 9.56. The van der Waals surface area contributed by atoms with Crippen molar-refractivity contribution in [2.75, 3.05) is 5.75 Å². The zero-order chi connectivity index (χ0) is 10.5. The van der Waals surface area contributed by atoms with Crippen LogP contribution in [-0.2, 0) is 11.8 Å². The van der Waals surface area contributed by atoms with Crippen molar-refractivity contribution in [2.45, 2.75) is 42.5 Å². The van der Waals surface area contributed by atoms with E-state index in [2.05, 4.69) is 25.1 Å². The molecule has 1 aromatic carbocycles. The van der Waals surface area contributed by atoms with Crippen LogP contribution in [0.5, 0.6) is 0 Å². The molecule has 0 spiro atoms. The van der Waals surface area contributed by atoms with Gasteiger partial charge in [-0.2, -0.15) is 0 Å². The molecular weight excluding hydrogens is 202 g/mol. The summed E-state index contributed by atoms with van der Waals surface area (Å²) in [6, 6.07) is 7.08. The van der Waals surface area contributed by atoms with E-state index in [1.807, 2.05) is 11.8 Å². The van der Waals surface area contributed by atoms with Gasteiger partial charge >= 0.3 is 0 Å². The lowest BCUT2D eigenvalue weighted by Crippen LogP contribution is -2.32. The number of thioether (sulfide) groups is 1. The molecule has 1 aromatic rings. The summed E-state index contributed by atoms with van der Waals surface area (Å²) in [6.45, 7) is 2.16. The highest BCUT2D eigenvalue weighted by Crippen LogP contribution is 2.54. The van der Waals surface area contributed by atoms with E-state index in [1.54, 1.807) is 10.5 Å². The highest BCUT2D eigenvalue weighted by molar-refractivity contribution is 7.99. The van der Waals surface area contributed by atoms with Crippen molar-refractivity contribution in [1.29, 1.82) is 0 Å². The average molecular weight is 219 g/mol. The lowest BCUT2D eigenvalue weighted by Gasteiger charge is -2.22. The van der Waals surface area contributed by atoms with Crippen LogP contribution in [-0.4, -0.2) is 11.8 Å². The van der Waals surface area contributed by atoms with Crippen LogP contribution in [0.4, 0.5) is 0 Å². The van der Waals surface area contributed by atoms with E-state index in [0.717, 1.165) is 0 Å². The van der Waals surface area contributed by atoms with Gasteiger partial charge in [0.25, 0.3) is 0 Å². The zero-order valence-corrected chi connectivity index (χ0v) is 9.94. The van der Waals surface area contributed by atoms with E-state index in [-0.39, 0.29) is 0 Å². The summed E-state index contributed by atoms with van der Waals surface area (Å²) in [6.07, 6.45) is 3.80. The fourth-order valence-corrected chi connectivity index (χ4v) is 4.02. The minimum absolute atomic E-state index is 0.296. The van der Waals surface area contributed by atoms with Crippen molar-refractivity contribution in [1.82, 2.24) is 0 Å². The van der Waals surface area contributed by atoms with E-state index < -0.39 is 0 Å². The van der Waals surface area contributed by atoms with Gasteiger partial charge in [0.15, 0.2) is 0 Å². The van der Waals surface area contributed by atoms with Gasteiger partial charge in [-0.05, 0) is 37.3 Å². The Labute approximate surface area is 95.4 Å². The number of hydrogen-bond acceptors (Lipinski definition) is 2. The third-order valence-electron chi connectivity index (χ3n) is 3.91. The van der Waals surface area contributed by atoms with Crippen molar-refractivity contribution in [3.63, 3.8) is 0 Å². The van der Waals surface area contributed by atoms with E-state index in [4.69, 9.17) is 5.73 Å². The van der Waals surface area contributed by atoms with Gasteiger partial charge in [-0.3, -0.25) is 0 Å². The lowest BCUT2D eigenvalue weighted by molar-refractivity contribution is 0.548. The summed E-state index contributed by atoms with van der Waals surface area (Å²) < 4.78 is 0. The molecule has 1 unspecified atom stereocenters. The summed E-state index contributed by atoms with van der Waals surface area (Å²) in [4.78, 5) is 1.55. The molecule has 15 heavy (non-hydrogen) atoms. The second-order valence-corrected chi connectivity index (χ2v) is 5.94. The number of rotatable bonds is 2. The van der Waals surface area contributed by atoms with Crippen LogP contribution in [0, 0.1) is 0 Å². The molecule has 0 amide bonds. The Bertz CT molecular complexity index is 394. The van der Waals surface area contributed by atoms with Gasteiger partial charge in [0.2, 0.25) is 0 Å². The topological polar surface area (TPSA) is 26.0 Å². The molecule has 2 N–H and O–H groups in total. The number of aryl methyl sites for hydroxylation is 1. The van der Waals surface area contributed by atoms with Crippen LogP contribution in [0.1, 0.15) is 30.9 Å². The Hall–Kier alpha value is -0.470. The maximum Gasteiger partial charge on any atom is 0.0143 e. The minimum Gasteiger partial charge on any atom is -0.327 e. The normalized spacial score (nSPS) is 23.6. The molecule has 2 heteroatoms. The number of benzene rings is 1. The molecule has 1 nitrogen and oxygen atoms in total. The van der Waals surface area contributed by atoms with E-state index >= 15 is 0 Å². The molecule has 0 saturated heterocycles. The Morgan fingerprint density at radius 3 is 2.87 bits per heavy atom. The van der Waals surface area contributed by atoms with Gasteiger partial charge in [-0.25, -0.2) is 0 Å². The van der Waals surface area contributed by atoms with E-state index in [1.165, 1.54) is 30.6 Å². The van der Waals surface area contributed by atoms with Crippen molar-refractivity contribution >= 4 is 11.8 Å². The molecule has 0 aromatic heterocycles. The van der Waals surface area contributed by atoms with Gasteiger partial charge in [0.1, 0.15) is 0 Å². The first-order valence-electron chi connectivity index (χ1n) is 5.75. The standard InChI is InChI=1S/C13H17NS/c1-9(14)13(6-7-13)11-4-2-3-10-5-8-15-12(10)11/h2-4,9H,5-8,14H2,1H3. The van der Waals surface area contributed by atoms with E-state index in [9.17, 15) is 0 Å². The minimum atomic E-state index is 0.296. The molecule has 1 heterocycles. The van der Waals surface area contributed by atoms with Crippen LogP contribution in [0.3, 0.4) is 0 Å². The molecule has 80 valence electrons. The molecule has 0 radical (unpaired) electrons. The molecule has 3 rings (SSSR count). The molecule has 2 aliphatic rings. The van der Waals surface area contributed by atoms with Crippen LogP contribution in [0.2, 0.25) is 0 Å². The third kappa shape index (κ3) is 1.35. The van der Waals surface area contributed by atoms with Gasteiger partial charge < -0.3 is 5.73 Å².